The fourth-order valence-corrected chi connectivity index (χ4v) is 2.88. The summed E-state index contributed by atoms with van der Waals surface area (Å²) < 4.78 is 5.34. The van der Waals surface area contributed by atoms with Gasteiger partial charge in [0.25, 0.3) is 0 Å². The van der Waals surface area contributed by atoms with E-state index in [1.54, 1.807) is 45.0 Å². The standard InChI is InChI=1S/C18H24N2O5/c1-11(21)19-13-7-5-12(6-8-13)14-9-20(10-15(14)16(22)23)17(24)25-18(2,3)4/h5-8,14-15H,9-10H2,1-4H3,(H,19,21)(H,22,23). The number of anilines is 1. The Balaban J connectivity index is 2.16. The molecule has 2 atom stereocenters. The first-order chi connectivity index (χ1) is 11.6. The first kappa shape index (κ1) is 18.8. The van der Waals surface area contributed by atoms with Crippen molar-refractivity contribution < 1.29 is 24.2 Å². The molecule has 1 aliphatic rings. The molecule has 1 fully saturated rings. The van der Waals surface area contributed by atoms with E-state index in [-0.39, 0.29) is 24.9 Å². The van der Waals surface area contributed by atoms with Gasteiger partial charge in [-0.3, -0.25) is 9.59 Å². The lowest BCUT2D eigenvalue weighted by atomic mass is 9.89. The molecule has 0 saturated carbocycles. The van der Waals surface area contributed by atoms with Gasteiger partial charge in [0, 0.05) is 31.6 Å². The Morgan fingerprint density at radius 2 is 1.76 bits per heavy atom. The second-order valence-electron chi connectivity index (χ2n) is 7.24. The van der Waals surface area contributed by atoms with E-state index in [1.165, 1.54) is 11.8 Å². The largest absolute Gasteiger partial charge is 0.481 e. The van der Waals surface area contributed by atoms with E-state index in [0.717, 1.165) is 5.56 Å². The van der Waals surface area contributed by atoms with E-state index in [9.17, 15) is 19.5 Å². The molecule has 2 rings (SSSR count). The molecule has 0 bridgehead atoms. The van der Waals surface area contributed by atoms with Crippen molar-refractivity contribution in [3.8, 4) is 0 Å². The highest BCUT2D eigenvalue weighted by molar-refractivity contribution is 5.88. The monoisotopic (exact) mass is 348 g/mol. The summed E-state index contributed by atoms with van der Waals surface area (Å²) >= 11 is 0. The Kier molecular flexibility index (Phi) is 5.35. The molecule has 1 heterocycles. The Bertz CT molecular complexity index is 663. The van der Waals surface area contributed by atoms with Gasteiger partial charge in [0.1, 0.15) is 5.60 Å². The quantitative estimate of drug-likeness (QED) is 0.875. The number of likely N-dealkylation sites (tertiary alicyclic amines) is 1. The van der Waals surface area contributed by atoms with Crippen molar-refractivity contribution in [2.24, 2.45) is 5.92 Å². The zero-order valence-corrected chi connectivity index (χ0v) is 14.9. The molecule has 2 unspecified atom stereocenters. The van der Waals surface area contributed by atoms with Crippen LogP contribution in [0, 0.1) is 5.92 Å². The van der Waals surface area contributed by atoms with Gasteiger partial charge in [0.15, 0.2) is 0 Å². The first-order valence-electron chi connectivity index (χ1n) is 8.15. The number of carbonyl (C=O) groups excluding carboxylic acids is 2. The van der Waals surface area contributed by atoms with Crippen molar-refractivity contribution in [1.29, 1.82) is 0 Å². The molecular formula is C18H24N2O5. The number of carbonyl (C=O) groups is 3. The number of benzene rings is 1. The van der Waals surface area contributed by atoms with Gasteiger partial charge in [-0.25, -0.2) is 4.79 Å². The van der Waals surface area contributed by atoms with Crippen molar-refractivity contribution in [3.05, 3.63) is 29.8 Å². The average Bonchev–Trinajstić information content (AvgIpc) is 2.91. The number of nitrogens with one attached hydrogen (secondary N) is 1. The van der Waals surface area contributed by atoms with Crippen LogP contribution in [0.2, 0.25) is 0 Å². The van der Waals surface area contributed by atoms with Gasteiger partial charge in [-0.15, -0.1) is 0 Å². The van der Waals surface area contributed by atoms with Crippen molar-refractivity contribution in [2.45, 2.75) is 39.2 Å². The zero-order chi connectivity index (χ0) is 18.8. The summed E-state index contributed by atoms with van der Waals surface area (Å²) in [6.45, 7) is 7.13. The molecule has 25 heavy (non-hydrogen) atoms. The number of ether oxygens (including phenoxy) is 1. The maximum atomic E-state index is 12.2. The third kappa shape index (κ3) is 4.95. The fraction of sp³-hybridized carbons (Fsp3) is 0.500. The van der Waals surface area contributed by atoms with Crippen LogP contribution in [0.15, 0.2) is 24.3 Å². The zero-order valence-electron chi connectivity index (χ0n) is 14.9. The minimum atomic E-state index is -0.943. The predicted molar refractivity (Wildman–Crippen MR) is 92.4 cm³/mol. The Morgan fingerprint density at radius 3 is 2.24 bits per heavy atom. The van der Waals surface area contributed by atoms with Crippen LogP contribution in [-0.2, 0) is 14.3 Å². The molecule has 1 aliphatic heterocycles. The summed E-state index contributed by atoms with van der Waals surface area (Å²) in [6, 6.07) is 7.02. The molecule has 1 aromatic carbocycles. The summed E-state index contributed by atoms with van der Waals surface area (Å²) in [6.07, 6.45) is -0.504. The number of carboxylic acid groups (broad SMARTS) is 1. The van der Waals surface area contributed by atoms with Crippen molar-refractivity contribution in [3.63, 3.8) is 0 Å². The molecule has 2 N–H and O–H groups in total. The highest BCUT2D eigenvalue weighted by atomic mass is 16.6. The van der Waals surface area contributed by atoms with Gasteiger partial charge in [-0.1, -0.05) is 12.1 Å². The topological polar surface area (TPSA) is 95.9 Å². The molecule has 0 aliphatic carbocycles. The van der Waals surface area contributed by atoms with E-state index in [2.05, 4.69) is 5.32 Å². The van der Waals surface area contributed by atoms with Gasteiger partial charge >= 0.3 is 12.1 Å². The Labute approximate surface area is 147 Å². The summed E-state index contributed by atoms with van der Waals surface area (Å²) in [5, 5.41) is 12.2. The van der Waals surface area contributed by atoms with Crippen LogP contribution in [-0.4, -0.2) is 46.7 Å². The second kappa shape index (κ2) is 7.13. The lowest BCUT2D eigenvalue weighted by Gasteiger charge is -2.24. The van der Waals surface area contributed by atoms with Crippen LogP contribution >= 0.6 is 0 Å². The predicted octanol–water partition coefficient (Wildman–Crippen LogP) is 2.68. The minimum Gasteiger partial charge on any atom is -0.481 e. The number of aliphatic carboxylic acids is 1. The van der Waals surface area contributed by atoms with Crippen LogP contribution < -0.4 is 5.32 Å². The Morgan fingerprint density at radius 1 is 1.16 bits per heavy atom. The van der Waals surface area contributed by atoms with E-state index in [4.69, 9.17) is 4.74 Å². The SMILES string of the molecule is CC(=O)Nc1ccc(C2CN(C(=O)OC(C)(C)C)CC2C(=O)O)cc1. The molecule has 0 spiro atoms. The number of hydrogen-bond donors (Lipinski definition) is 2. The molecule has 0 radical (unpaired) electrons. The highest BCUT2D eigenvalue weighted by Gasteiger charge is 2.41. The number of carboxylic acids is 1. The smallest absolute Gasteiger partial charge is 0.410 e. The second-order valence-corrected chi connectivity index (χ2v) is 7.24. The van der Waals surface area contributed by atoms with Crippen molar-refractivity contribution in [2.75, 3.05) is 18.4 Å². The van der Waals surface area contributed by atoms with Crippen LogP contribution in [0.3, 0.4) is 0 Å². The third-order valence-electron chi connectivity index (χ3n) is 3.95. The Hall–Kier alpha value is -2.57. The van der Waals surface area contributed by atoms with E-state index in [0.29, 0.717) is 5.69 Å². The molecule has 2 amide bonds. The van der Waals surface area contributed by atoms with Crippen molar-refractivity contribution in [1.82, 2.24) is 4.90 Å². The molecular weight excluding hydrogens is 324 g/mol. The van der Waals surface area contributed by atoms with Crippen LogP contribution in [0.1, 0.15) is 39.2 Å². The molecule has 7 nitrogen and oxygen atoms in total. The number of rotatable bonds is 3. The summed E-state index contributed by atoms with van der Waals surface area (Å²) in [5.41, 5.74) is 0.825. The van der Waals surface area contributed by atoms with Gasteiger partial charge in [0.05, 0.1) is 5.92 Å². The fourth-order valence-electron chi connectivity index (χ4n) is 2.88. The van der Waals surface area contributed by atoms with E-state index in [1.807, 2.05) is 0 Å². The lowest BCUT2D eigenvalue weighted by Crippen LogP contribution is -2.35. The van der Waals surface area contributed by atoms with Gasteiger partial charge in [-0.2, -0.15) is 0 Å². The number of hydrogen-bond acceptors (Lipinski definition) is 4. The van der Waals surface area contributed by atoms with Crippen LogP contribution in [0.4, 0.5) is 10.5 Å². The highest BCUT2D eigenvalue weighted by Crippen LogP contribution is 2.34. The normalized spacial score (nSPS) is 20.2. The maximum absolute atomic E-state index is 12.2. The van der Waals surface area contributed by atoms with Gasteiger partial charge in [-0.05, 0) is 38.5 Å². The number of nitrogens with zero attached hydrogens (tertiary/aromatic N) is 1. The van der Waals surface area contributed by atoms with E-state index < -0.39 is 23.6 Å². The summed E-state index contributed by atoms with van der Waals surface area (Å²) in [4.78, 5) is 36.4. The molecule has 1 saturated heterocycles. The summed E-state index contributed by atoms with van der Waals surface area (Å²) in [7, 11) is 0. The average molecular weight is 348 g/mol. The van der Waals surface area contributed by atoms with Crippen molar-refractivity contribution >= 4 is 23.7 Å². The van der Waals surface area contributed by atoms with Crippen LogP contribution in [0.5, 0.6) is 0 Å². The lowest BCUT2D eigenvalue weighted by molar-refractivity contribution is -0.141. The first-order valence-corrected chi connectivity index (χ1v) is 8.15. The van der Waals surface area contributed by atoms with Gasteiger partial charge in [0.2, 0.25) is 5.91 Å². The number of amides is 2. The maximum Gasteiger partial charge on any atom is 0.410 e. The van der Waals surface area contributed by atoms with Crippen LogP contribution in [0.25, 0.3) is 0 Å². The molecule has 0 aromatic heterocycles. The summed E-state index contributed by atoms with van der Waals surface area (Å²) in [5.74, 6) is -2.13. The molecule has 7 heteroatoms. The van der Waals surface area contributed by atoms with Gasteiger partial charge < -0.3 is 20.1 Å². The molecule has 136 valence electrons. The van der Waals surface area contributed by atoms with E-state index >= 15 is 0 Å². The molecule has 1 aromatic rings. The minimum absolute atomic E-state index is 0.113. The third-order valence-corrected chi connectivity index (χ3v) is 3.95.